The van der Waals surface area contributed by atoms with Gasteiger partial charge in [0, 0.05) is 18.7 Å². The normalized spacial score (nSPS) is 11.1. The first-order valence-electron chi connectivity index (χ1n) is 9.44. The molecule has 2 amide bonds. The molecule has 0 aromatic heterocycles. The highest BCUT2D eigenvalue weighted by atomic mass is 19.1. The Balaban J connectivity index is 2.29. The van der Waals surface area contributed by atoms with Gasteiger partial charge in [0.05, 0.1) is 7.11 Å². The average molecular weight is 416 g/mol. The predicted octanol–water partition coefficient (Wildman–Crippen LogP) is 3.91. The molecular formula is C23H29FN2O4. The molecule has 0 bridgehead atoms. The van der Waals surface area contributed by atoms with Crippen molar-refractivity contribution in [2.45, 2.75) is 33.2 Å². The van der Waals surface area contributed by atoms with Crippen molar-refractivity contribution in [2.24, 2.45) is 0 Å². The molecule has 0 saturated heterocycles. The number of hydrogen-bond acceptors (Lipinski definition) is 4. The third-order valence-corrected chi connectivity index (χ3v) is 4.05. The Morgan fingerprint density at radius 3 is 2.53 bits per heavy atom. The molecule has 0 atom stereocenters. The summed E-state index contributed by atoms with van der Waals surface area (Å²) in [6.45, 7) is 11.3. The lowest BCUT2D eigenvalue weighted by molar-refractivity contribution is -0.124. The number of nitrogens with one attached hydrogen (secondary N) is 2. The third kappa shape index (κ3) is 9.73. The van der Waals surface area contributed by atoms with E-state index in [2.05, 4.69) is 23.8 Å². The highest BCUT2D eigenvalue weighted by molar-refractivity contribution is 5.79. The predicted molar refractivity (Wildman–Crippen MR) is 115 cm³/mol. The molecule has 1 rings (SSSR count). The van der Waals surface area contributed by atoms with Crippen LogP contribution in [0.25, 0.3) is 0 Å². The Morgan fingerprint density at radius 2 is 1.90 bits per heavy atom. The molecule has 0 radical (unpaired) electrons. The van der Waals surface area contributed by atoms with Gasteiger partial charge in [-0.2, -0.15) is 0 Å². The van der Waals surface area contributed by atoms with Gasteiger partial charge in [-0.15, -0.1) is 0 Å². The molecule has 0 heterocycles. The number of benzene rings is 1. The molecule has 0 saturated carbocycles. The van der Waals surface area contributed by atoms with E-state index in [0.29, 0.717) is 17.0 Å². The van der Waals surface area contributed by atoms with E-state index in [9.17, 15) is 14.0 Å². The number of amides is 2. The molecule has 0 spiro atoms. The number of halogens is 1. The van der Waals surface area contributed by atoms with E-state index >= 15 is 0 Å². The molecule has 0 aliphatic rings. The summed E-state index contributed by atoms with van der Waals surface area (Å²) in [7, 11) is 1.39. The summed E-state index contributed by atoms with van der Waals surface area (Å²) in [6.07, 6.45) is 5.85. The van der Waals surface area contributed by atoms with E-state index in [4.69, 9.17) is 9.47 Å². The van der Waals surface area contributed by atoms with Gasteiger partial charge in [0.15, 0.2) is 18.2 Å². The SMILES string of the molecule is C=C(CCC(=O)NCc1ccc(OC)c(F)c1)NC(=O)COC(=C)/C=C\C(C)=C\C. The summed E-state index contributed by atoms with van der Waals surface area (Å²) in [4.78, 5) is 23.8. The number of carbonyl (C=O) groups excluding carboxylic acids is 2. The molecule has 1 aromatic carbocycles. The average Bonchev–Trinajstić information content (AvgIpc) is 2.73. The van der Waals surface area contributed by atoms with Crippen LogP contribution >= 0.6 is 0 Å². The number of ether oxygens (including phenoxy) is 2. The van der Waals surface area contributed by atoms with Gasteiger partial charge in [0.25, 0.3) is 5.91 Å². The monoisotopic (exact) mass is 416 g/mol. The van der Waals surface area contributed by atoms with Gasteiger partial charge in [-0.1, -0.05) is 36.9 Å². The molecule has 0 unspecified atom stereocenters. The second-order valence-electron chi connectivity index (χ2n) is 6.52. The van der Waals surface area contributed by atoms with Crippen molar-refractivity contribution < 1.29 is 23.5 Å². The molecule has 162 valence electrons. The zero-order chi connectivity index (χ0) is 22.5. The van der Waals surface area contributed by atoms with E-state index < -0.39 is 5.82 Å². The van der Waals surface area contributed by atoms with Crippen LogP contribution in [0.4, 0.5) is 4.39 Å². The molecular weight excluding hydrogens is 387 g/mol. The van der Waals surface area contributed by atoms with Gasteiger partial charge in [-0.25, -0.2) is 4.39 Å². The van der Waals surface area contributed by atoms with Gasteiger partial charge in [-0.05, 0) is 44.0 Å². The standard InChI is InChI=1S/C23H29FN2O4/c1-6-16(2)7-9-18(4)30-15-23(28)26-17(3)8-12-22(27)25-14-19-10-11-21(29-5)20(24)13-19/h6-7,9-11,13H,3-4,8,12,14-15H2,1-2,5H3,(H,25,27)(H,26,28)/b9-7-,16-6+. The fourth-order valence-corrected chi connectivity index (χ4v) is 2.20. The fraction of sp³-hybridized carbons (Fsp3) is 0.304. The Labute approximate surface area is 177 Å². The fourth-order valence-electron chi connectivity index (χ4n) is 2.20. The first kappa shape index (κ1) is 24.7. The Bertz CT molecular complexity index is 844. The van der Waals surface area contributed by atoms with Gasteiger partial charge in [-0.3, -0.25) is 9.59 Å². The van der Waals surface area contributed by atoms with Crippen molar-refractivity contribution in [2.75, 3.05) is 13.7 Å². The van der Waals surface area contributed by atoms with Crippen LogP contribution in [-0.2, 0) is 20.9 Å². The van der Waals surface area contributed by atoms with Crippen LogP contribution in [0, 0.1) is 5.82 Å². The van der Waals surface area contributed by atoms with Crippen molar-refractivity contribution in [3.8, 4) is 5.75 Å². The molecule has 0 aliphatic heterocycles. The zero-order valence-corrected chi connectivity index (χ0v) is 17.7. The molecule has 30 heavy (non-hydrogen) atoms. The summed E-state index contributed by atoms with van der Waals surface area (Å²) in [6, 6.07) is 4.48. The lowest BCUT2D eigenvalue weighted by atomic mass is 10.2. The number of rotatable bonds is 12. The first-order valence-corrected chi connectivity index (χ1v) is 9.44. The summed E-state index contributed by atoms with van der Waals surface area (Å²) in [5.41, 5.74) is 2.07. The minimum atomic E-state index is -0.488. The number of carbonyl (C=O) groups is 2. The van der Waals surface area contributed by atoms with Crippen molar-refractivity contribution in [3.05, 3.63) is 78.0 Å². The quantitative estimate of drug-likeness (QED) is 0.400. The van der Waals surface area contributed by atoms with Crippen molar-refractivity contribution >= 4 is 11.8 Å². The van der Waals surface area contributed by atoms with Gasteiger partial charge in [0.2, 0.25) is 5.91 Å². The Kier molecular flexibility index (Phi) is 10.7. The molecule has 1 aromatic rings. The minimum absolute atomic E-state index is 0.136. The lowest BCUT2D eigenvalue weighted by Crippen LogP contribution is -2.28. The maximum absolute atomic E-state index is 13.6. The molecule has 2 N–H and O–H groups in total. The largest absolute Gasteiger partial charge is 0.494 e. The summed E-state index contributed by atoms with van der Waals surface area (Å²) >= 11 is 0. The van der Waals surface area contributed by atoms with E-state index in [1.807, 2.05) is 26.0 Å². The molecule has 7 heteroatoms. The van der Waals surface area contributed by atoms with Gasteiger partial charge in [0.1, 0.15) is 5.76 Å². The van der Waals surface area contributed by atoms with Gasteiger partial charge < -0.3 is 20.1 Å². The van der Waals surface area contributed by atoms with Crippen molar-refractivity contribution in [1.82, 2.24) is 10.6 Å². The lowest BCUT2D eigenvalue weighted by Gasteiger charge is -2.10. The van der Waals surface area contributed by atoms with E-state index in [-0.39, 0.29) is 43.6 Å². The smallest absolute Gasteiger partial charge is 0.262 e. The maximum atomic E-state index is 13.6. The topological polar surface area (TPSA) is 76.7 Å². The summed E-state index contributed by atoms with van der Waals surface area (Å²) in [5, 5.41) is 5.27. The van der Waals surface area contributed by atoms with Crippen LogP contribution in [0.3, 0.4) is 0 Å². The second-order valence-corrected chi connectivity index (χ2v) is 6.52. The summed E-state index contributed by atoms with van der Waals surface area (Å²) in [5.74, 6) is -0.597. The van der Waals surface area contributed by atoms with Crippen LogP contribution in [0.2, 0.25) is 0 Å². The zero-order valence-electron chi connectivity index (χ0n) is 17.7. The van der Waals surface area contributed by atoms with E-state index in [0.717, 1.165) is 5.57 Å². The molecule has 6 nitrogen and oxygen atoms in total. The van der Waals surface area contributed by atoms with Crippen molar-refractivity contribution in [3.63, 3.8) is 0 Å². The molecule has 0 aliphatic carbocycles. The van der Waals surface area contributed by atoms with Crippen LogP contribution in [0.5, 0.6) is 5.75 Å². The number of hydrogen-bond donors (Lipinski definition) is 2. The molecule has 0 fully saturated rings. The maximum Gasteiger partial charge on any atom is 0.262 e. The Morgan fingerprint density at radius 1 is 1.17 bits per heavy atom. The van der Waals surface area contributed by atoms with Crippen molar-refractivity contribution in [1.29, 1.82) is 0 Å². The first-order chi connectivity index (χ1) is 14.2. The van der Waals surface area contributed by atoms with E-state index in [1.165, 1.54) is 19.2 Å². The summed E-state index contributed by atoms with van der Waals surface area (Å²) < 4.78 is 23.8. The number of methoxy groups -OCH3 is 1. The van der Waals surface area contributed by atoms with Crippen LogP contribution in [0.1, 0.15) is 32.3 Å². The van der Waals surface area contributed by atoms with Gasteiger partial charge >= 0.3 is 0 Å². The van der Waals surface area contributed by atoms with Crippen LogP contribution in [-0.4, -0.2) is 25.5 Å². The minimum Gasteiger partial charge on any atom is -0.494 e. The van der Waals surface area contributed by atoms with Crippen LogP contribution in [0.15, 0.2) is 66.6 Å². The second kappa shape index (κ2) is 13.0. The number of allylic oxidation sites excluding steroid dienone is 5. The third-order valence-electron chi connectivity index (χ3n) is 4.05. The van der Waals surface area contributed by atoms with E-state index in [1.54, 1.807) is 12.1 Å². The highest BCUT2D eigenvalue weighted by Gasteiger charge is 2.08. The highest BCUT2D eigenvalue weighted by Crippen LogP contribution is 2.17. The van der Waals surface area contributed by atoms with Crippen LogP contribution < -0.4 is 15.4 Å². The Hall–Kier alpha value is -3.35.